The molecule has 3 amide bonds. The maximum absolute atomic E-state index is 12.4. The van der Waals surface area contributed by atoms with E-state index in [1.807, 2.05) is 13.0 Å². The first kappa shape index (κ1) is 22.9. The van der Waals surface area contributed by atoms with Crippen LogP contribution in [-0.2, 0) is 9.59 Å². The minimum atomic E-state index is -0.227. The molecule has 7 nitrogen and oxygen atoms in total. The van der Waals surface area contributed by atoms with Crippen LogP contribution in [-0.4, -0.2) is 30.8 Å². The van der Waals surface area contributed by atoms with Crippen LogP contribution in [0.3, 0.4) is 0 Å². The fourth-order valence-corrected chi connectivity index (χ4v) is 2.77. The molecule has 7 heteroatoms. The van der Waals surface area contributed by atoms with Crippen molar-refractivity contribution in [2.45, 2.75) is 40.0 Å². The normalized spacial score (nSPS) is 10.2. The van der Waals surface area contributed by atoms with E-state index < -0.39 is 0 Å². The van der Waals surface area contributed by atoms with Gasteiger partial charge in [-0.3, -0.25) is 14.4 Å². The van der Waals surface area contributed by atoms with E-state index in [1.165, 1.54) is 0 Å². The number of hydrogen-bond donors (Lipinski definition) is 4. The first-order valence-electron chi connectivity index (χ1n) is 10.3. The molecule has 0 aromatic heterocycles. The first-order valence-corrected chi connectivity index (χ1v) is 10.3. The van der Waals surface area contributed by atoms with Crippen LogP contribution in [0, 0.1) is 6.92 Å². The highest BCUT2D eigenvalue weighted by atomic mass is 16.2. The number of carbonyl (C=O) groups excluding carboxylic acids is 3. The Morgan fingerprint density at radius 3 is 2.23 bits per heavy atom. The molecule has 0 aliphatic heterocycles. The van der Waals surface area contributed by atoms with Crippen molar-refractivity contribution in [2.75, 3.05) is 29.0 Å². The van der Waals surface area contributed by atoms with Crippen molar-refractivity contribution >= 4 is 34.8 Å². The topological polar surface area (TPSA) is 99.3 Å². The van der Waals surface area contributed by atoms with Crippen molar-refractivity contribution in [3.05, 3.63) is 53.6 Å². The van der Waals surface area contributed by atoms with Crippen molar-refractivity contribution in [1.82, 2.24) is 5.32 Å². The summed E-state index contributed by atoms with van der Waals surface area (Å²) in [5.74, 6) is -0.435. The molecule has 0 saturated carbocycles. The van der Waals surface area contributed by atoms with Crippen LogP contribution in [0.2, 0.25) is 0 Å². The minimum absolute atomic E-state index is 0.0475. The predicted molar refractivity (Wildman–Crippen MR) is 121 cm³/mol. The van der Waals surface area contributed by atoms with Crippen LogP contribution in [0.5, 0.6) is 0 Å². The summed E-state index contributed by atoms with van der Waals surface area (Å²) < 4.78 is 0. The van der Waals surface area contributed by atoms with Gasteiger partial charge in [-0.15, -0.1) is 0 Å². The van der Waals surface area contributed by atoms with Gasteiger partial charge in [0.2, 0.25) is 11.8 Å². The molecule has 0 aliphatic carbocycles. The predicted octanol–water partition coefficient (Wildman–Crippen LogP) is 3.92. The van der Waals surface area contributed by atoms with Crippen LogP contribution >= 0.6 is 0 Å². The van der Waals surface area contributed by atoms with E-state index in [-0.39, 0.29) is 24.3 Å². The Balaban J connectivity index is 1.94. The first-order chi connectivity index (χ1) is 14.4. The summed E-state index contributed by atoms with van der Waals surface area (Å²) in [4.78, 5) is 36.2. The van der Waals surface area contributed by atoms with Crippen molar-refractivity contribution < 1.29 is 14.4 Å². The second-order valence-electron chi connectivity index (χ2n) is 6.97. The lowest BCUT2D eigenvalue weighted by atomic mass is 10.1. The maximum atomic E-state index is 12.4. The number of nitrogens with one attached hydrogen (secondary N) is 4. The van der Waals surface area contributed by atoms with Gasteiger partial charge in [0.05, 0.1) is 6.54 Å². The number of amides is 3. The Labute approximate surface area is 177 Å². The third-order valence-corrected chi connectivity index (χ3v) is 4.60. The molecule has 4 N–H and O–H groups in total. The number of anilines is 3. The summed E-state index contributed by atoms with van der Waals surface area (Å²) in [5.41, 5.74) is 3.34. The fraction of sp³-hybridized carbons (Fsp3) is 0.348. The van der Waals surface area contributed by atoms with E-state index >= 15 is 0 Å². The minimum Gasteiger partial charge on any atom is -0.376 e. The molecule has 160 valence electrons. The van der Waals surface area contributed by atoms with Gasteiger partial charge < -0.3 is 21.3 Å². The van der Waals surface area contributed by atoms with E-state index in [9.17, 15) is 14.4 Å². The average molecular weight is 411 g/mol. The zero-order valence-corrected chi connectivity index (χ0v) is 17.8. The standard InChI is InChI=1S/C23H30N4O3/c1-4-6-13-24-23(30)17-9-7-10-18(14-17)25-15-22(29)27-20-12-8-11-19(16(20)3)26-21(28)5-2/h7-12,14,25H,4-6,13,15H2,1-3H3,(H,24,30)(H,26,28)(H,27,29). The fourth-order valence-electron chi connectivity index (χ4n) is 2.77. The molecule has 0 fully saturated rings. The molecule has 0 atom stereocenters. The summed E-state index contributed by atoms with van der Waals surface area (Å²) in [6.45, 7) is 6.39. The molecule has 0 bridgehead atoms. The zero-order valence-electron chi connectivity index (χ0n) is 17.8. The lowest BCUT2D eigenvalue weighted by Crippen LogP contribution is -2.25. The number of benzene rings is 2. The second kappa shape index (κ2) is 11.6. The van der Waals surface area contributed by atoms with Crippen LogP contribution in [0.4, 0.5) is 17.1 Å². The van der Waals surface area contributed by atoms with Gasteiger partial charge in [0.1, 0.15) is 0 Å². The summed E-state index contributed by atoms with van der Waals surface area (Å²) >= 11 is 0. The third kappa shape index (κ3) is 6.92. The van der Waals surface area contributed by atoms with Crippen LogP contribution in [0.25, 0.3) is 0 Å². The van der Waals surface area contributed by atoms with Gasteiger partial charge in [-0.25, -0.2) is 0 Å². The Hall–Kier alpha value is -3.35. The molecule has 30 heavy (non-hydrogen) atoms. The highest BCUT2D eigenvalue weighted by Crippen LogP contribution is 2.23. The van der Waals surface area contributed by atoms with Crippen LogP contribution in [0.1, 0.15) is 49.0 Å². The smallest absolute Gasteiger partial charge is 0.251 e. The Morgan fingerprint density at radius 2 is 1.57 bits per heavy atom. The molecule has 0 unspecified atom stereocenters. The summed E-state index contributed by atoms with van der Waals surface area (Å²) in [6.07, 6.45) is 2.34. The van der Waals surface area contributed by atoms with E-state index in [0.29, 0.717) is 35.6 Å². The molecule has 0 saturated heterocycles. The Morgan fingerprint density at radius 1 is 0.900 bits per heavy atom. The van der Waals surface area contributed by atoms with Crippen molar-refractivity contribution in [1.29, 1.82) is 0 Å². The molecule has 0 radical (unpaired) electrons. The van der Waals surface area contributed by atoms with Gasteiger partial charge in [-0.2, -0.15) is 0 Å². The molecule has 2 aromatic rings. The summed E-state index contributed by atoms with van der Waals surface area (Å²) in [6, 6.07) is 12.4. The Bertz CT molecular complexity index is 896. The molecule has 0 spiro atoms. The average Bonchev–Trinajstić information content (AvgIpc) is 2.75. The van der Waals surface area contributed by atoms with Crippen LogP contribution in [0.15, 0.2) is 42.5 Å². The largest absolute Gasteiger partial charge is 0.376 e. The molecular formula is C23H30N4O3. The number of rotatable bonds is 10. The number of unbranched alkanes of at least 4 members (excludes halogenated alkanes) is 1. The summed E-state index contributed by atoms with van der Waals surface area (Å²) in [5, 5.41) is 11.6. The van der Waals surface area contributed by atoms with Crippen molar-refractivity contribution in [3.8, 4) is 0 Å². The van der Waals surface area contributed by atoms with E-state index in [1.54, 1.807) is 43.3 Å². The van der Waals surface area contributed by atoms with Gasteiger partial charge in [0.25, 0.3) is 5.91 Å². The van der Waals surface area contributed by atoms with E-state index in [2.05, 4.69) is 28.2 Å². The van der Waals surface area contributed by atoms with Gasteiger partial charge in [-0.1, -0.05) is 32.4 Å². The number of hydrogen-bond acceptors (Lipinski definition) is 4. The third-order valence-electron chi connectivity index (χ3n) is 4.60. The van der Waals surface area contributed by atoms with Crippen LogP contribution < -0.4 is 21.3 Å². The monoisotopic (exact) mass is 410 g/mol. The van der Waals surface area contributed by atoms with Crippen molar-refractivity contribution in [2.24, 2.45) is 0 Å². The highest BCUT2D eigenvalue weighted by molar-refractivity contribution is 5.98. The lowest BCUT2D eigenvalue weighted by Gasteiger charge is -2.14. The summed E-state index contributed by atoms with van der Waals surface area (Å²) in [7, 11) is 0. The molecular weight excluding hydrogens is 380 g/mol. The maximum Gasteiger partial charge on any atom is 0.251 e. The quantitative estimate of drug-likeness (QED) is 0.446. The van der Waals surface area contributed by atoms with E-state index in [0.717, 1.165) is 18.4 Å². The van der Waals surface area contributed by atoms with Gasteiger partial charge >= 0.3 is 0 Å². The molecule has 0 heterocycles. The molecule has 2 aromatic carbocycles. The zero-order chi connectivity index (χ0) is 21.9. The van der Waals surface area contributed by atoms with Gasteiger partial charge in [-0.05, 0) is 49.2 Å². The van der Waals surface area contributed by atoms with E-state index in [4.69, 9.17) is 0 Å². The highest BCUT2D eigenvalue weighted by Gasteiger charge is 2.10. The Kier molecular flexibility index (Phi) is 8.87. The SMILES string of the molecule is CCCCNC(=O)c1cccc(NCC(=O)Nc2cccc(NC(=O)CC)c2C)c1. The van der Waals surface area contributed by atoms with Gasteiger partial charge in [0.15, 0.2) is 0 Å². The van der Waals surface area contributed by atoms with Gasteiger partial charge in [0, 0.05) is 35.6 Å². The molecule has 2 rings (SSSR count). The number of carbonyl (C=O) groups is 3. The molecule has 0 aliphatic rings. The second-order valence-corrected chi connectivity index (χ2v) is 6.97. The lowest BCUT2D eigenvalue weighted by molar-refractivity contribution is -0.116. The van der Waals surface area contributed by atoms with Crippen molar-refractivity contribution in [3.63, 3.8) is 0 Å².